The highest BCUT2D eigenvalue weighted by Crippen LogP contribution is 2.41. The van der Waals surface area contributed by atoms with Crippen LogP contribution < -0.4 is 15.4 Å². The van der Waals surface area contributed by atoms with Gasteiger partial charge < -0.3 is 24.8 Å². The minimum Gasteiger partial charge on any atom is -0.420 e. The van der Waals surface area contributed by atoms with Gasteiger partial charge in [0.15, 0.2) is 0 Å². The first kappa shape index (κ1) is 22.1. The lowest BCUT2D eigenvalue weighted by atomic mass is 10.1. The van der Waals surface area contributed by atoms with E-state index in [0.717, 1.165) is 45.3 Å². The van der Waals surface area contributed by atoms with Gasteiger partial charge in [0.2, 0.25) is 11.8 Å². The van der Waals surface area contributed by atoms with Gasteiger partial charge in [-0.15, -0.1) is 11.3 Å². The van der Waals surface area contributed by atoms with Crippen molar-refractivity contribution in [3.63, 3.8) is 0 Å². The van der Waals surface area contributed by atoms with Crippen LogP contribution in [-0.2, 0) is 16.1 Å². The molecule has 1 amide bonds. The van der Waals surface area contributed by atoms with E-state index in [1.807, 2.05) is 38.1 Å². The molecular weight excluding hydrogens is 466 g/mol. The Bertz CT molecular complexity index is 1430. The number of amides is 1. The molecule has 2 aliphatic rings. The molecule has 1 saturated heterocycles. The first-order valence-electron chi connectivity index (χ1n) is 11.7. The maximum atomic E-state index is 12.7. The van der Waals surface area contributed by atoms with E-state index in [1.165, 1.54) is 11.3 Å². The predicted molar refractivity (Wildman–Crippen MR) is 133 cm³/mol. The van der Waals surface area contributed by atoms with Crippen molar-refractivity contribution in [3.05, 3.63) is 46.7 Å². The summed E-state index contributed by atoms with van der Waals surface area (Å²) in [5, 5.41) is 8.45. The van der Waals surface area contributed by atoms with Gasteiger partial charge in [-0.25, -0.2) is 9.97 Å². The second kappa shape index (κ2) is 9.03. The number of carbonyl (C=O) groups is 1. The number of hydrogen-bond donors (Lipinski definition) is 2. The Morgan fingerprint density at radius 3 is 3.00 bits per heavy atom. The minimum atomic E-state index is -0.0437. The molecule has 6 rings (SSSR count). The number of anilines is 1. The summed E-state index contributed by atoms with van der Waals surface area (Å²) in [6, 6.07) is 7.83. The average molecular weight is 492 g/mol. The van der Waals surface area contributed by atoms with E-state index in [9.17, 15) is 4.79 Å². The molecule has 4 aromatic rings. The molecule has 0 bridgehead atoms. The first-order chi connectivity index (χ1) is 17.0. The number of nitrogens with one attached hydrogen (secondary N) is 2. The molecule has 2 N–H and O–H groups in total. The summed E-state index contributed by atoms with van der Waals surface area (Å²) >= 11 is 1.49. The van der Waals surface area contributed by atoms with Gasteiger partial charge in [0, 0.05) is 46.9 Å². The van der Waals surface area contributed by atoms with Crippen molar-refractivity contribution in [3.8, 4) is 11.8 Å². The van der Waals surface area contributed by atoms with Crippen LogP contribution in [0.25, 0.3) is 21.0 Å². The second-order valence-corrected chi connectivity index (χ2v) is 9.91. The van der Waals surface area contributed by atoms with E-state index >= 15 is 0 Å². The molecule has 2 aliphatic heterocycles. The van der Waals surface area contributed by atoms with Crippen LogP contribution in [0, 0.1) is 6.92 Å². The highest BCUT2D eigenvalue weighted by Gasteiger charge is 2.25. The number of rotatable bonds is 5. The average Bonchev–Trinajstić information content (AvgIpc) is 3.47. The number of ether oxygens (including phenoxy) is 3. The lowest BCUT2D eigenvalue weighted by molar-refractivity contribution is 0.0306. The molecule has 2 atom stereocenters. The second-order valence-electron chi connectivity index (χ2n) is 8.86. The molecule has 1 aromatic carbocycles. The SMILES string of the molecule is Cc1ncc(COC2CCOC2)c(Oc2ccc3c(ccc4sc5c(c43)NC[C@@H](C)NC5=O)n2)n1. The van der Waals surface area contributed by atoms with Crippen LogP contribution in [0.5, 0.6) is 11.8 Å². The molecule has 180 valence electrons. The van der Waals surface area contributed by atoms with Crippen molar-refractivity contribution in [2.45, 2.75) is 39.0 Å². The summed E-state index contributed by atoms with van der Waals surface area (Å²) < 4.78 is 18.5. The molecule has 5 heterocycles. The molecule has 35 heavy (non-hydrogen) atoms. The molecule has 0 spiro atoms. The van der Waals surface area contributed by atoms with E-state index < -0.39 is 0 Å². The van der Waals surface area contributed by atoms with Crippen LogP contribution in [0.15, 0.2) is 30.5 Å². The fourth-order valence-electron chi connectivity index (χ4n) is 4.38. The normalized spacial score (nSPS) is 19.9. The summed E-state index contributed by atoms with van der Waals surface area (Å²) in [4.78, 5) is 26.9. The largest absolute Gasteiger partial charge is 0.420 e. The number of nitrogens with zero attached hydrogens (tertiary/aromatic N) is 3. The van der Waals surface area contributed by atoms with Crippen LogP contribution in [-0.4, -0.2) is 52.8 Å². The highest BCUT2D eigenvalue weighted by molar-refractivity contribution is 7.21. The number of thiophene rings is 1. The Labute approximate surface area is 205 Å². The zero-order chi connectivity index (χ0) is 23.9. The van der Waals surface area contributed by atoms with Crippen molar-refractivity contribution in [1.82, 2.24) is 20.3 Å². The van der Waals surface area contributed by atoms with Crippen LogP contribution in [0.1, 0.15) is 34.4 Å². The molecule has 9 nitrogen and oxygen atoms in total. The van der Waals surface area contributed by atoms with Crippen molar-refractivity contribution in [2.24, 2.45) is 0 Å². The van der Waals surface area contributed by atoms with Gasteiger partial charge in [0.1, 0.15) is 10.7 Å². The van der Waals surface area contributed by atoms with Gasteiger partial charge in [-0.3, -0.25) is 4.79 Å². The monoisotopic (exact) mass is 491 g/mol. The van der Waals surface area contributed by atoms with Crippen LogP contribution in [0.3, 0.4) is 0 Å². The van der Waals surface area contributed by atoms with Gasteiger partial charge in [-0.05, 0) is 38.5 Å². The molecular formula is C25H25N5O4S. The summed E-state index contributed by atoms with van der Waals surface area (Å²) in [5.41, 5.74) is 2.41. The van der Waals surface area contributed by atoms with Crippen molar-refractivity contribution in [2.75, 3.05) is 25.1 Å². The van der Waals surface area contributed by atoms with Crippen molar-refractivity contribution < 1.29 is 19.0 Å². The maximum Gasteiger partial charge on any atom is 0.263 e. The summed E-state index contributed by atoms with van der Waals surface area (Å²) in [7, 11) is 0. The van der Waals surface area contributed by atoms with E-state index in [0.29, 0.717) is 42.2 Å². The molecule has 1 unspecified atom stereocenters. The number of fused-ring (bicyclic) bond motifs is 5. The Kier molecular flexibility index (Phi) is 5.71. The number of aryl methyl sites for hydroxylation is 1. The standard InChI is InChI=1S/C25H25N5O4S/c1-13-9-27-22-21-17-3-6-20(30-18(17)4-5-19(21)35-23(22)24(31)28-13)34-25-15(10-26-14(2)29-25)11-33-16-7-8-32-12-16/h3-6,10,13,16,27H,7-9,11-12H2,1-2H3,(H,28,31)/t13-,16?/m1/s1. The van der Waals surface area contributed by atoms with Gasteiger partial charge >= 0.3 is 0 Å². The summed E-state index contributed by atoms with van der Waals surface area (Å²) in [6.45, 7) is 6.14. The molecule has 1 fully saturated rings. The number of aromatic nitrogens is 3. The maximum absolute atomic E-state index is 12.7. The quantitative estimate of drug-likeness (QED) is 0.428. The third-order valence-corrected chi connectivity index (χ3v) is 7.33. The Morgan fingerprint density at radius 2 is 2.14 bits per heavy atom. The zero-order valence-electron chi connectivity index (χ0n) is 19.5. The Hall–Kier alpha value is -3.34. The van der Waals surface area contributed by atoms with Crippen LogP contribution >= 0.6 is 11.3 Å². The molecule has 0 aliphatic carbocycles. The lowest BCUT2D eigenvalue weighted by Crippen LogP contribution is -2.34. The summed E-state index contributed by atoms with van der Waals surface area (Å²) in [5.74, 6) is 1.43. The fraction of sp³-hybridized carbons (Fsp3) is 0.360. The van der Waals surface area contributed by atoms with Gasteiger partial charge in [-0.2, -0.15) is 4.98 Å². The van der Waals surface area contributed by atoms with Gasteiger partial charge in [0.25, 0.3) is 5.91 Å². The van der Waals surface area contributed by atoms with Crippen molar-refractivity contribution in [1.29, 1.82) is 0 Å². The van der Waals surface area contributed by atoms with Crippen LogP contribution in [0.2, 0.25) is 0 Å². The Morgan fingerprint density at radius 1 is 1.23 bits per heavy atom. The molecule has 3 aromatic heterocycles. The third kappa shape index (κ3) is 4.29. The van der Waals surface area contributed by atoms with Crippen LogP contribution in [0.4, 0.5) is 5.69 Å². The van der Waals surface area contributed by atoms with Crippen molar-refractivity contribution >= 4 is 43.9 Å². The summed E-state index contributed by atoms with van der Waals surface area (Å²) in [6.07, 6.45) is 2.69. The van der Waals surface area contributed by atoms with E-state index in [4.69, 9.17) is 19.2 Å². The topological polar surface area (TPSA) is 107 Å². The lowest BCUT2D eigenvalue weighted by Gasteiger charge is -2.13. The number of pyridine rings is 1. The molecule has 0 saturated carbocycles. The number of hydrogen-bond acceptors (Lipinski definition) is 9. The molecule has 0 radical (unpaired) electrons. The number of benzene rings is 1. The number of carbonyl (C=O) groups excluding carboxylic acids is 1. The minimum absolute atomic E-state index is 0.0437. The first-order valence-corrected chi connectivity index (χ1v) is 12.5. The van der Waals surface area contributed by atoms with E-state index in [-0.39, 0.29) is 18.1 Å². The fourth-order valence-corrected chi connectivity index (χ4v) is 5.47. The third-order valence-electron chi connectivity index (χ3n) is 6.17. The van der Waals surface area contributed by atoms with E-state index in [2.05, 4.69) is 20.6 Å². The van der Waals surface area contributed by atoms with E-state index in [1.54, 1.807) is 6.20 Å². The predicted octanol–water partition coefficient (Wildman–Crippen LogP) is 4.19. The Balaban J connectivity index is 1.33. The smallest absolute Gasteiger partial charge is 0.263 e. The zero-order valence-corrected chi connectivity index (χ0v) is 20.3. The highest BCUT2D eigenvalue weighted by atomic mass is 32.1. The van der Waals surface area contributed by atoms with Gasteiger partial charge in [-0.1, -0.05) is 0 Å². The van der Waals surface area contributed by atoms with Gasteiger partial charge in [0.05, 0.1) is 36.1 Å². The molecule has 10 heteroatoms.